The fourth-order valence-electron chi connectivity index (χ4n) is 7.21. The molecule has 36 heavy (non-hydrogen) atoms. The molecule has 1 saturated carbocycles. The average molecular weight is 519 g/mol. The van der Waals surface area contributed by atoms with Crippen LogP contribution >= 0.6 is 11.6 Å². The Kier molecular flexibility index (Phi) is 8.06. The molecule has 3 aliphatic heterocycles. The molecule has 1 aromatic carbocycles. The molecule has 1 aromatic rings. The van der Waals surface area contributed by atoms with Gasteiger partial charge in [-0.05, 0) is 69.0 Å². The summed E-state index contributed by atoms with van der Waals surface area (Å²) in [6.07, 6.45) is 9.51. The summed E-state index contributed by atoms with van der Waals surface area (Å²) in [6, 6.07) is 5.60. The molecule has 1 aliphatic carbocycles. The van der Waals surface area contributed by atoms with Crippen molar-refractivity contribution in [3.63, 3.8) is 0 Å². The molecule has 4 unspecified atom stereocenters. The van der Waals surface area contributed by atoms with Gasteiger partial charge < -0.3 is 20.4 Å². The third-order valence-electron chi connectivity index (χ3n) is 9.21. The fourth-order valence-corrected chi connectivity index (χ4v) is 7.38. The van der Waals surface area contributed by atoms with E-state index in [1.807, 2.05) is 16.7 Å². The summed E-state index contributed by atoms with van der Waals surface area (Å²) in [6.45, 7) is 4.31. The Morgan fingerprint density at radius 2 is 1.83 bits per heavy atom. The highest BCUT2D eigenvalue weighted by Crippen LogP contribution is 2.38. The first-order valence-corrected chi connectivity index (χ1v) is 14.3. The molecule has 198 valence electrons. The second-order valence-corrected chi connectivity index (χ2v) is 11.8. The molecule has 2 N–H and O–H groups in total. The van der Waals surface area contributed by atoms with Crippen molar-refractivity contribution in [3.8, 4) is 0 Å². The summed E-state index contributed by atoms with van der Waals surface area (Å²) in [5.41, 5.74) is 0.397. The van der Waals surface area contributed by atoms with Gasteiger partial charge in [0.1, 0.15) is 0 Å². The number of hydrogen-bond acceptors (Lipinski definition) is 4. The topological polar surface area (TPSA) is 64.7 Å². The molecule has 8 heteroatoms. The molecule has 0 radical (unpaired) electrons. The van der Waals surface area contributed by atoms with Gasteiger partial charge in [-0.1, -0.05) is 43.9 Å². The van der Waals surface area contributed by atoms with Gasteiger partial charge in [0.05, 0.1) is 17.3 Å². The number of nitrogens with one attached hydrogen (secondary N) is 2. The Balaban J connectivity index is 1.35. The van der Waals surface area contributed by atoms with Crippen molar-refractivity contribution < 1.29 is 14.0 Å². The summed E-state index contributed by atoms with van der Waals surface area (Å²) < 4.78 is 14.6. The van der Waals surface area contributed by atoms with Gasteiger partial charge in [-0.25, -0.2) is 4.39 Å². The van der Waals surface area contributed by atoms with Gasteiger partial charge >= 0.3 is 0 Å². The minimum absolute atomic E-state index is 0.0150. The summed E-state index contributed by atoms with van der Waals surface area (Å²) in [7, 11) is 0. The van der Waals surface area contributed by atoms with Crippen molar-refractivity contribution in [1.82, 2.24) is 15.5 Å². The van der Waals surface area contributed by atoms with Gasteiger partial charge in [-0.3, -0.25) is 9.59 Å². The van der Waals surface area contributed by atoms with Crippen LogP contribution in [0.25, 0.3) is 0 Å². The first-order chi connectivity index (χ1) is 17.4. The number of hydrogen-bond donors (Lipinski definition) is 2. The second kappa shape index (κ2) is 11.3. The number of fused-ring (bicyclic) bond motifs is 4. The van der Waals surface area contributed by atoms with E-state index < -0.39 is 5.82 Å². The predicted octanol–water partition coefficient (Wildman–Crippen LogP) is 4.36. The van der Waals surface area contributed by atoms with E-state index >= 15 is 0 Å². The summed E-state index contributed by atoms with van der Waals surface area (Å²) in [4.78, 5) is 30.3. The molecule has 0 spiro atoms. The Morgan fingerprint density at radius 1 is 1.00 bits per heavy atom. The largest absolute Gasteiger partial charge is 0.358 e. The van der Waals surface area contributed by atoms with Crippen molar-refractivity contribution >= 4 is 29.1 Å². The highest BCUT2D eigenvalue weighted by atomic mass is 35.5. The van der Waals surface area contributed by atoms with Crippen LogP contribution in [-0.2, 0) is 9.59 Å². The number of piperazine rings is 1. The molecule has 4 aliphatic rings. The average Bonchev–Trinajstić information content (AvgIpc) is 2.88. The number of rotatable bonds is 2. The van der Waals surface area contributed by atoms with Gasteiger partial charge in [0.15, 0.2) is 5.82 Å². The van der Waals surface area contributed by atoms with E-state index in [2.05, 4.69) is 10.6 Å². The van der Waals surface area contributed by atoms with Crippen molar-refractivity contribution in [1.29, 1.82) is 0 Å². The lowest BCUT2D eigenvalue weighted by Crippen LogP contribution is -2.61. The molecule has 2 amide bonds. The van der Waals surface area contributed by atoms with E-state index in [1.165, 1.54) is 25.3 Å². The molecule has 2 bridgehead atoms. The van der Waals surface area contributed by atoms with E-state index in [9.17, 15) is 14.0 Å². The fraction of sp³-hybridized carbons (Fsp3) is 0.714. The number of amides is 2. The molecule has 0 aromatic heterocycles. The molecular weight excluding hydrogens is 479 g/mol. The maximum Gasteiger partial charge on any atom is 0.242 e. The lowest BCUT2D eigenvalue weighted by atomic mass is 9.70. The van der Waals surface area contributed by atoms with E-state index in [1.54, 1.807) is 12.1 Å². The second-order valence-electron chi connectivity index (χ2n) is 11.4. The minimum atomic E-state index is -0.461. The number of piperidine rings is 1. The highest BCUT2D eigenvalue weighted by molar-refractivity contribution is 6.31. The highest BCUT2D eigenvalue weighted by Gasteiger charge is 2.41. The molecular formula is C28H40ClFN4O2. The van der Waals surface area contributed by atoms with Crippen LogP contribution in [0, 0.1) is 23.6 Å². The van der Waals surface area contributed by atoms with E-state index in [0.29, 0.717) is 30.6 Å². The van der Waals surface area contributed by atoms with Crippen LogP contribution in [0.3, 0.4) is 0 Å². The monoisotopic (exact) mass is 518 g/mol. The number of anilines is 1. The van der Waals surface area contributed by atoms with Gasteiger partial charge in [-0.2, -0.15) is 0 Å². The molecule has 3 heterocycles. The first-order valence-electron chi connectivity index (χ1n) is 13.9. The predicted molar refractivity (Wildman–Crippen MR) is 141 cm³/mol. The van der Waals surface area contributed by atoms with Crippen LogP contribution in [0.1, 0.15) is 64.7 Å². The van der Waals surface area contributed by atoms with Crippen molar-refractivity contribution in [3.05, 3.63) is 29.0 Å². The van der Waals surface area contributed by atoms with Crippen LogP contribution in [-0.4, -0.2) is 61.0 Å². The van der Waals surface area contributed by atoms with Crippen molar-refractivity contribution in [2.45, 2.75) is 82.8 Å². The zero-order chi connectivity index (χ0) is 25.2. The maximum absolute atomic E-state index is 14.6. The quantitative estimate of drug-likeness (QED) is 0.610. The van der Waals surface area contributed by atoms with Crippen LogP contribution < -0.4 is 15.5 Å². The lowest BCUT2D eigenvalue weighted by Gasteiger charge is -2.47. The molecule has 3 saturated heterocycles. The SMILES string of the molecule is C[C@@H]1CCC[C@H](N2CCN(c3cccc(Cl)c3F)CC2=O)C2CC(CCN2)C2CCCCC2NC1=O. The third-order valence-corrected chi connectivity index (χ3v) is 9.50. The number of benzene rings is 1. The maximum atomic E-state index is 14.6. The van der Waals surface area contributed by atoms with Crippen LogP contribution in [0.4, 0.5) is 10.1 Å². The first kappa shape index (κ1) is 25.8. The van der Waals surface area contributed by atoms with E-state index in [-0.39, 0.29) is 47.4 Å². The van der Waals surface area contributed by atoms with Crippen LogP contribution in [0.15, 0.2) is 18.2 Å². The lowest BCUT2D eigenvalue weighted by molar-refractivity contribution is -0.135. The van der Waals surface area contributed by atoms with Gasteiger partial charge in [0, 0.05) is 37.1 Å². The van der Waals surface area contributed by atoms with Crippen molar-refractivity contribution in [2.24, 2.45) is 17.8 Å². The van der Waals surface area contributed by atoms with Crippen LogP contribution in [0.2, 0.25) is 5.02 Å². The Labute approximate surface area is 219 Å². The standard InChI is InChI=1S/C28H40ClFN4O2/c1-18-6-4-10-24(34-15-14-33(17-26(34)35)25-11-5-8-21(29)27(25)30)23-16-19(12-13-31-23)20-7-2-3-9-22(20)32-28(18)36/h5,8,11,18-20,22-24,31H,2-4,6-7,9-10,12-17H2,1H3,(H,32,36)/t18-,19?,20?,22?,23?,24+/m1/s1. The Bertz CT molecular complexity index is 961. The van der Waals surface area contributed by atoms with Gasteiger partial charge in [-0.15, -0.1) is 0 Å². The zero-order valence-corrected chi connectivity index (χ0v) is 22.1. The summed E-state index contributed by atoms with van der Waals surface area (Å²) in [5, 5.41) is 7.29. The minimum Gasteiger partial charge on any atom is -0.358 e. The zero-order valence-electron chi connectivity index (χ0n) is 21.4. The summed E-state index contributed by atoms with van der Waals surface area (Å²) in [5.74, 6) is 0.857. The van der Waals surface area contributed by atoms with Gasteiger partial charge in [0.2, 0.25) is 11.8 Å². The molecule has 4 fully saturated rings. The normalized spacial score (nSPS) is 34.3. The molecule has 6 atom stereocenters. The Hall–Kier alpha value is -1.86. The van der Waals surface area contributed by atoms with Gasteiger partial charge in [0.25, 0.3) is 0 Å². The molecule has 6 nitrogen and oxygen atoms in total. The number of nitrogens with zero attached hydrogens (tertiary/aromatic N) is 2. The van der Waals surface area contributed by atoms with Crippen molar-refractivity contribution in [2.75, 3.05) is 31.1 Å². The number of carbonyl (C=O) groups excluding carboxylic acids is 2. The smallest absolute Gasteiger partial charge is 0.242 e. The number of carbonyl (C=O) groups is 2. The third kappa shape index (κ3) is 5.38. The van der Waals surface area contributed by atoms with E-state index in [4.69, 9.17) is 11.6 Å². The Morgan fingerprint density at radius 3 is 2.67 bits per heavy atom. The molecule has 5 rings (SSSR count). The summed E-state index contributed by atoms with van der Waals surface area (Å²) >= 11 is 6.00. The van der Waals surface area contributed by atoms with E-state index in [0.717, 1.165) is 45.1 Å². The number of halogens is 2. The van der Waals surface area contributed by atoms with Crippen LogP contribution in [0.5, 0.6) is 0 Å².